The summed E-state index contributed by atoms with van der Waals surface area (Å²) < 4.78 is 21.2. The Kier molecular flexibility index (Phi) is 5.35. The third-order valence-corrected chi connectivity index (χ3v) is 7.59. The van der Waals surface area contributed by atoms with E-state index in [-0.39, 0.29) is 0 Å². The van der Waals surface area contributed by atoms with Crippen molar-refractivity contribution in [3.63, 3.8) is 0 Å². The van der Waals surface area contributed by atoms with Gasteiger partial charge in [-0.1, -0.05) is 30.3 Å². The first-order valence-electron chi connectivity index (χ1n) is 9.81. The van der Waals surface area contributed by atoms with Crippen molar-refractivity contribution in [2.75, 3.05) is 17.7 Å². The molecular weight excluding hydrogens is 370 g/mol. The summed E-state index contributed by atoms with van der Waals surface area (Å²) in [4.78, 5) is 14.2. The maximum Gasteiger partial charge on any atom is 0.142 e. The van der Waals surface area contributed by atoms with Gasteiger partial charge in [0.15, 0.2) is 0 Å². The van der Waals surface area contributed by atoms with Crippen LogP contribution in [0.4, 0.5) is 5.82 Å². The number of H-pyrrole nitrogens is 1. The number of nitrogens with one attached hydrogen (secondary N) is 2. The van der Waals surface area contributed by atoms with Gasteiger partial charge >= 0.3 is 0 Å². The number of hydrogen-bond donors (Lipinski definition) is 2. The minimum atomic E-state index is -2.58. The van der Waals surface area contributed by atoms with Gasteiger partial charge in [-0.05, 0) is 43.2 Å². The van der Waals surface area contributed by atoms with Gasteiger partial charge in [-0.2, -0.15) is 0 Å². The molecule has 7 heteroatoms. The highest BCUT2D eigenvalue weighted by atomic mass is 32.2. The summed E-state index contributed by atoms with van der Waals surface area (Å²) in [5.74, 6) is 2.20. The molecule has 4 rings (SSSR count). The summed E-state index contributed by atoms with van der Waals surface area (Å²) in [7, 11) is -0.484. The third kappa shape index (κ3) is 4.19. The number of aromatic nitrogens is 3. The molecule has 2 aromatic heterocycles. The smallest absolute Gasteiger partial charge is 0.142 e. The number of aromatic amines is 1. The second-order valence-corrected chi connectivity index (χ2v) is 10.1. The zero-order valence-electron chi connectivity index (χ0n) is 16.2. The zero-order valence-corrected chi connectivity index (χ0v) is 17.0. The van der Waals surface area contributed by atoms with Crippen molar-refractivity contribution in [1.29, 1.82) is 4.78 Å². The lowest BCUT2D eigenvalue weighted by atomic mass is 9.86. The van der Waals surface area contributed by atoms with Crippen molar-refractivity contribution in [1.82, 2.24) is 15.0 Å². The molecule has 1 saturated carbocycles. The Hall–Kier alpha value is -2.41. The van der Waals surface area contributed by atoms with Crippen LogP contribution in [0.5, 0.6) is 0 Å². The third-order valence-electron chi connectivity index (χ3n) is 5.78. The van der Waals surface area contributed by atoms with Crippen LogP contribution >= 0.6 is 0 Å². The summed E-state index contributed by atoms with van der Waals surface area (Å²) in [5.41, 5.74) is 1.86. The van der Waals surface area contributed by atoms with Gasteiger partial charge in [0.05, 0.1) is 11.1 Å². The Morgan fingerprint density at radius 2 is 1.89 bits per heavy atom. The molecule has 0 aliphatic heterocycles. The van der Waals surface area contributed by atoms with Crippen LogP contribution < -0.4 is 4.90 Å². The maximum absolute atomic E-state index is 12.8. The highest BCUT2D eigenvalue weighted by Crippen LogP contribution is 2.32. The van der Waals surface area contributed by atoms with E-state index in [0.717, 1.165) is 48.1 Å². The normalized spacial score (nSPS) is 22.0. The molecule has 1 aliphatic rings. The summed E-state index contributed by atoms with van der Waals surface area (Å²) in [6.07, 6.45) is 7.61. The fourth-order valence-electron chi connectivity index (χ4n) is 4.29. The average Bonchev–Trinajstić information content (AvgIpc) is 3.17. The largest absolute Gasteiger partial charge is 0.356 e. The molecule has 1 fully saturated rings. The van der Waals surface area contributed by atoms with Crippen LogP contribution in [0.15, 0.2) is 48.9 Å². The Morgan fingerprint density at radius 1 is 1.14 bits per heavy atom. The SMILES string of the molecule is CN(c1ncnc2[nH]ccc12)[C@H]1CC[C@@H](CS(=N)(=O)Cc2ccccc2)CC1. The molecule has 1 aromatic carbocycles. The molecule has 0 radical (unpaired) electrons. The minimum Gasteiger partial charge on any atom is -0.356 e. The predicted molar refractivity (Wildman–Crippen MR) is 114 cm³/mol. The standard InChI is InChI=1S/C21H27N5OS/c1-26(21-19-11-12-23-20(19)24-15-25-21)18-9-7-17(8-10-18)14-28(22,27)13-16-5-3-2-4-6-16/h2-6,11-12,15,17-18,22H,7-10,13-14H2,1H3,(H,23,24,25)/t17-,18+,28?. The van der Waals surface area contributed by atoms with Crippen LogP contribution in [-0.4, -0.2) is 38.0 Å². The van der Waals surface area contributed by atoms with Gasteiger partial charge in [0.1, 0.15) is 17.8 Å². The molecule has 0 bridgehead atoms. The van der Waals surface area contributed by atoms with Gasteiger partial charge in [0.25, 0.3) is 0 Å². The summed E-state index contributed by atoms with van der Waals surface area (Å²) in [6.45, 7) is 0. The zero-order chi connectivity index (χ0) is 19.6. The molecule has 2 heterocycles. The van der Waals surface area contributed by atoms with Crippen LogP contribution in [-0.2, 0) is 15.5 Å². The number of nitrogens with zero attached hydrogens (tertiary/aromatic N) is 3. The van der Waals surface area contributed by atoms with Crippen LogP contribution in [0, 0.1) is 10.7 Å². The van der Waals surface area contributed by atoms with Crippen molar-refractivity contribution >= 4 is 26.6 Å². The lowest BCUT2D eigenvalue weighted by molar-refractivity contribution is 0.342. The Morgan fingerprint density at radius 3 is 2.64 bits per heavy atom. The molecule has 0 amide bonds. The van der Waals surface area contributed by atoms with Crippen molar-refractivity contribution < 1.29 is 4.21 Å². The van der Waals surface area contributed by atoms with E-state index in [1.165, 1.54) is 0 Å². The molecule has 6 nitrogen and oxygen atoms in total. The van der Waals surface area contributed by atoms with E-state index in [1.54, 1.807) is 6.33 Å². The molecule has 1 atom stereocenters. The van der Waals surface area contributed by atoms with E-state index in [0.29, 0.717) is 23.5 Å². The predicted octanol–water partition coefficient (Wildman–Crippen LogP) is 4.20. The average molecular weight is 398 g/mol. The van der Waals surface area contributed by atoms with Gasteiger partial charge in [0.2, 0.25) is 0 Å². The second kappa shape index (κ2) is 7.91. The van der Waals surface area contributed by atoms with E-state index in [1.807, 2.05) is 42.6 Å². The highest BCUT2D eigenvalue weighted by Gasteiger charge is 2.27. The van der Waals surface area contributed by atoms with E-state index < -0.39 is 9.73 Å². The van der Waals surface area contributed by atoms with E-state index in [2.05, 4.69) is 26.9 Å². The molecular formula is C21H27N5OS. The molecule has 2 N–H and O–H groups in total. The van der Waals surface area contributed by atoms with Crippen LogP contribution in [0.2, 0.25) is 0 Å². The summed E-state index contributed by atoms with van der Waals surface area (Å²) >= 11 is 0. The molecule has 1 unspecified atom stereocenters. The number of benzene rings is 1. The second-order valence-electron chi connectivity index (χ2n) is 7.83. The van der Waals surface area contributed by atoms with E-state index >= 15 is 0 Å². The first kappa shape index (κ1) is 18.9. The molecule has 0 saturated heterocycles. The topological polar surface area (TPSA) is 85.7 Å². The van der Waals surface area contributed by atoms with Crippen molar-refractivity contribution in [3.8, 4) is 0 Å². The van der Waals surface area contributed by atoms with E-state index in [9.17, 15) is 4.21 Å². The summed E-state index contributed by atoms with van der Waals surface area (Å²) in [5, 5.41) is 1.05. The fourth-order valence-corrected chi connectivity index (χ4v) is 6.24. The monoisotopic (exact) mass is 397 g/mol. The highest BCUT2D eigenvalue weighted by molar-refractivity contribution is 7.91. The minimum absolute atomic E-state index is 0.361. The molecule has 3 aromatic rings. The number of anilines is 1. The maximum atomic E-state index is 12.8. The van der Waals surface area contributed by atoms with Gasteiger partial charge in [-0.15, -0.1) is 0 Å². The van der Waals surface area contributed by atoms with Gasteiger partial charge in [0, 0.05) is 34.8 Å². The molecule has 1 aliphatic carbocycles. The van der Waals surface area contributed by atoms with Crippen molar-refractivity contribution in [2.45, 2.75) is 37.5 Å². The first-order chi connectivity index (χ1) is 13.5. The molecule has 148 valence electrons. The number of hydrogen-bond acceptors (Lipinski definition) is 5. The molecule has 28 heavy (non-hydrogen) atoms. The quantitative estimate of drug-likeness (QED) is 0.653. The Balaban J connectivity index is 1.36. The van der Waals surface area contributed by atoms with Crippen LogP contribution in [0.3, 0.4) is 0 Å². The fraction of sp³-hybridized carbons (Fsp3) is 0.429. The van der Waals surface area contributed by atoms with Crippen molar-refractivity contribution in [3.05, 3.63) is 54.5 Å². The summed E-state index contributed by atoms with van der Waals surface area (Å²) in [6, 6.07) is 12.2. The Bertz CT molecular complexity index is 1020. The van der Waals surface area contributed by atoms with Gasteiger partial charge in [-0.25, -0.2) is 14.2 Å². The lowest BCUT2D eigenvalue weighted by Gasteiger charge is -2.35. The molecule has 0 spiro atoms. The van der Waals surface area contributed by atoms with Crippen molar-refractivity contribution in [2.24, 2.45) is 5.92 Å². The first-order valence-corrected chi connectivity index (χ1v) is 11.7. The van der Waals surface area contributed by atoms with Crippen LogP contribution in [0.1, 0.15) is 31.2 Å². The van der Waals surface area contributed by atoms with Gasteiger partial charge in [-0.3, -0.25) is 4.78 Å². The van der Waals surface area contributed by atoms with Gasteiger partial charge < -0.3 is 9.88 Å². The number of rotatable bonds is 6. The number of fused-ring (bicyclic) bond motifs is 1. The lowest BCUT2D eigenvalue weighted by Crippen LogP contribution is -2.37. The Labute approximate surface area is 166 Å². The van der Waals surface area contributed by atoms with Crippen LogP contribution in [0.25, 0.3) is 11.0 Å². The van der Waals surface area contributed by atoms with E-state index in [4.69, 9.17) is 4.78 Å².